The molecule has 0 radical (unpaired) electrons. The molecule has 0 aliphatic carbocycles. The number of hydrogen-bond donors (Lipinski definition) is 1. The first-order valence-corrected chi connectivity index (χ1v) is 6.45. The molecule has 0 aromatic heterocycles. The van der Waals surface area contributed by atoms with Crippen LogP contribution < -0.4 is 10.5 Å². The van der Waals surface area contributed by atoms with Crippen molar-refractivity contribution in [1.82, 2.24) is 0 Å². The molecule has 3 heteroatoms. The smallest absolute Gasteiger partial charge is 0.258 e. The van der Waals surface area contributed by atoms with Gasteiger partial charge in [-0.3, -0.25) is 4.79 Å². The summed E-state index contributed by atoms with van der Waals surface area (Å²) in [6.45, 7) is 1.64. The fourth-order valence-corrected chi connectivity index (χ4v) is 1.72. The third-order valence-corrected chi connectivity index (χ3v) is 2.88. The summed E-state index contributed by atoms with van der Waals surface area (Å²) in [6.07, 6.45) is 3.30. The second kappa shape index (κ2) is 6.57. The lowest BCUT2D eigenvalue weighted by molar-refractivity contribution is -0.123. The Labute approximate surface area is 118 Å². The summed E-state index contributed by atoms with van der Waals surface area (Å²) >= 11 is 0. The molecule has 0 fully saturated rings. The molecule has 1 unspecified atom stereocenters. The zero-order valence-corrected chi connectivity index (χ0v) is 11.3. The highest BCUT2D eigenvalue weighted by Gasteiger charge is 2.11. The fourth-order valence-electron chi connectivity index (χ4n) is 1.72. The van der Waals surface area contributed by atoms with Gasteiger partial charge in [-0.1, -0.05) is 60.7 Å². The summed E-state index contributed by atoms with van der Waals surface area (Å²) in [5.74, 6) is 0.165. The number of nitrogens with two attached hydrogens (primary N) is 1. The van der Waals surface area contributed by atoms with Gasteiger partial charge in [0.05, 0.1) is 0 Å². The molecule has 102 valence electrons. The number of rotatable bonds is 5. The first kappa shape index (κ1) is 13.9. The maximum absolute atomic E-state index is 11.1. The van der Waals surface area contributed by atoms with Crippen LogP contribution in [0.3, 0.4) is 0 Å². The molecule has 0 bridgehead atoms. The van der Waals surface area contributed by atoms with E-state index in [1.165, 1.54) is 0 Å². The number of primary amides is 1. The van der Waals surface area contributed by atoms with Gasteiger partial charge in [0.2, 0.25) is 0 Å². The third kappa shape index (κ3) is 3.72. The van der Waals surface area contributed by atoms with Crippen molar-refractivity contribution in [2.24, 2.45) is 5.73 Å². The Balaban J connectivity index is 2.20. The van der Waals surface area contributed by atoms with Crippen LogP contribution in [0.5, 0.6) is 5.75 Å². The summed E-state index contributed by atoms with van der Waals surface area (Å²) in [4.78, 5) is 11.1. The molecule has 0 heterocycles. The molecule has 2 aromatic carbocycles. The van der Waals surface area contributed by atoms with E-state index in [0.29, 0.717) is 5.75 Å². The van der Waals surface area contributed by atoms with Crippen LogP contribution in [0.2, 0.25) is 0 Å². The van der Waals surface area contributed by atoms with Crippen LogP contribution in [-0.4, -0.2) is 12.0 Å². The number of para-hydroxylation sites is 1. The van der Waals surface area contributed by atoms with E-state index in [0.717, 1.165) is 11.1 Å². The van der Waals surface area contributed by atoms with E-state index < -0.39 is 12.0 Å². The van der Waals surface area contributed by atoms with Gasteiger partial charge >= 0.3 is 0 Å². The van der Waals surface area contributed by atoms with E-state index in [1.54, 1.807) is 6.92 Å². The highest BCUT2D eigenvalue weighted by molar-refractivity contribution is 5.79. The Hall–Kier alpha value is -2.55. The van der Waals surface area contributed by atoms with E-state index in [1.807, 2.05) is 66.7 Å². The summed E-state index contributed by atoms with van der Waals surface area (Å²) < 4.78 is 5.57. The molecule has 1 atom stereocenters. The lowest BCUT2D eigenvalue weighted by Crippen LogP contribution is -2.30. The standard InChI is InChI=1S/C17H17NO2/c1-13(17(18)19)20-16-10-6-5-9-15(16)12-11-14-7-3-2-4-8-14/h2-13H,1H3,(H2,18,19). The summed E-state index contributed by atoms with van der Waals surface area (Å²) in [7, 11) is 0. The summed E-state index contributed by atoms with van der Waals surface area (Å²) in [5, 5.41) is 0. The van der Waals surface area contributed by atoms with E-state index in [4.69, 9.17) is 10.5 Å². The minimum absolute atomic E-state index is 0.480. The fraction of sp³-hybridized carbons (Fsp3) is 0.118. The van der Waals surface area contributed by atoms with Gasteiger partial charge in [-0.2, -0.15) is 0 Å². The number of benzene rings is 2. The van der Waals surface area contributed by atoms with Gasteiger partial charge in [0.25, 0.3) is 5.91 Å². The minimum Gasteiger partial charge on any atom is -0.480 e. The van der Waals surface area contributed by atoms with Crippen LogP contribution in [0.1, 0.15) is 18.1 Å². The second-order valence-electron chi connectivity index (χ2n) is 4.44. The van der Waals surface area contributed by atoms with Gasteiger partial charge in [0.15, 0.2) is 6.10 Å². The Bertz CT molecular complexity index is 605. The second-order valence-corrected chi connectivity index (χ2v) is 4.44. The molecule has 0 aliphatic heterocycles. The van der Waals surface area contributed by atoms with E-state index in [2.05, 4.69) is 0 Å². The zero-order valence-electron chi connectivity index (χ0n) is 11.3. The lowest BCUT2D eigenvalue weighted by atomic mass is 10.1. The van der Waals surface area contributed by atoms with Crippen molar-refractivity contribution in [1.29, 1.82) is 0 Å². The topological polar surface area (TPSA) is 52.3 Å². The van der Waals surface area contributed by atoms with Crippen molar-refractivity contribution in [3.05, 3.63) is 65.7 Å². The van der Waals surface area contributed by atoms with Crippen LogP contribution in [0, 0.1) is 0 Å². The predicted molar refractivity (Wildman–Crippen MR) is 81.1 cm³/mol. The van der Waals surface area contributed by atoms with Crippen LogP contribution in [0.15, 0.2) is 54.6 Å². The Morgan fingerprint density at radius 1 is 1.05 bits per heavy atom. The molecule has 0 spiro atoms. The van der Waals surface area contributed by atoms with Crippen LogP contribution in [0.25, 0.3) is 12.2 Å². The van der Waals surface area contributed by atoms with Crippen molar-refractivity contribution in [2.75, 3.05) is 0 Å². The maximum Gasteiger partial charge on any atom is 0.258 e. The highest BCUT2D eigenvalue weighted by atomic mass is 16.5. The number of carbonyl (C=O) groups is 1. The van der Waals surface area contributed by atoms with Crippen LogP contribution >= 0.6 is 0 Å². The first-order valence-electron chi connectivity index (χ1n) is 6.45. The SMILES string of the molecule is CC(Oc1ccccc1C=Cc1ccccc1)C(N)=O. The van der Waals surface area contributed by atoms with E-state index in [9.17, 15) is 4.79 Å². The molecule has 0 saturated carbocycles. The number of hydrogen-bond acceptors (Lipinski definition) is 2. The number of amides is 1. The van der Waals surface area contributed by atoms with Crippen molar-refractivity contribution in [2.45, 2.75) is 13.0 Å². The van der Waals surface area contributed by atoms with E-state index in [-0.39, 0.29) is 0 Å². The predicted octanol–water partition coefficient (Wildman–Crippen LogP) is 3.11. The molecule has 3 nitrogen and oxygen atoms in total. The molecule has 1 amide bonds. The molecule has 2 aromatic rings. The van der Waals surface area contributed by atoms with Gasteiger partial charge in [0.1, 0.15) is 5.75 Å². The number of carbonyl (C=O) groups excluding carboxylic acids is 1. The quantitative estimate of drug-likeness (QED) is 0.846. The summed E-state index contributed by atoms with van der Waals surface area (Å²) in [5.41, 5.74) is 7.23. The third-order valence-electron chi connectivity index (χ3n) is 2.88. The Morgan fingerprint density at radius 3 is 2.40 bits per heavy atom. The molecular formula is C17H17NO2. The lowest BCUT2D eigenvalue weighted by Gasteiger charge is -2.13. The highest BCUT2D eigenvalue weighted by Crippen LogP contribution is 2.21. The van der Waals surface area contributed by atoms with Crippen LogP contribution in [0.4, 0.5) is 0 Å². The molecule has 2 rings (SSSR count). The average molecular weight is 267 g/mol. The summed E-state index contributed by atoms with van der Waals surface area (Å²) in [6, 6.07) is 17.5. The normalized spacial score (nSPS) is 12.2. The van der Waals surface area contributed by atoms with Crippen molar-refractivity contribution in [3.8, 4) is 5.75 Å². The molecule has 2 N–H and O–H groups in total. The molecular weight excluding hydrogens is 250 g/mol. The van der Waals surface area contributed by atoms with Gasteiger partial charge in [-0.25, -0.2) is 0 Å². The zero-order chi connectivity index (χ0) is 14.4. The largest absolute Gasteiger partial charge is 0.480 e. The average Bonchev–Trinajstić information content (AvgIpc) is 2.47. The molecule has 20 heavy (non-hydrogen) atoms. The van der Waals surface area contributed by atoms with Crippen molar-refractivity contribution < 1.29 is 9.53 Å². The Kier molecular flexibility index (Phi) is 4.56. The Morgan fingerprint density at radius 2 is 1.70 bits per heavy atom. The van der Waals surface area contributed by atoms with Gasteiger partial charge in [0, 0.05) is 5.56 Å². The number of ether oxygens (including phenoxy) is 1. The van der Waals surface area contributed by atoms with E-state index >= 15 is 0 Å². The van der Waals surface area contributed by atoms with Crippen molar-refractivity contribution >= 4 is 18.1 Å². The molecule has 0 saturated heterocycles. The maximum atomic E-state index is 11.1. The first-order chi connectivity index (χ1) is 9.66. The minimum atomic E-state index is -0.652. The van der Waals surface area contributed by atoms with Gasteiger partial charge in [-0.15, -0.1) is 0 Å². The van der Waals surface area contributed by atoms with Gasteiger partial charge < -0.3 is 10.5 Å². The van der Waals surface area contributed by atoms with Crippen LogP contribution in [-0.2, 0) is 4.79 Å². The van der Waals surface area contributed by atoms with Gasteiger partial charge in [-0.05, 0) is 18.6 Å². The monoisotopic (exact) mass is 267 g/mol. The molecule has 0 aliphatic rings. The van der Waals surface area contributed by atoms with Crippen molar-refractivity contribution in [3.63, 3.8) is 0 Å².